The van der Waals surface area contributed by atoms with Crippen LogP contribution in [0, 0.1) is 0 Å². The number of amides is 1. The fourth-order valence-electron chi connectivity index (χ4n) is 3.02. The molecule has 0 aliphatic carbocycles. The Hall–Kier alpha value is -2.79. The van der Waals surface area contributed by atoms with Crippen LogP contribution < -0.4 is 5.32 Å². The highest BCUT2D eigenvalue weighted by Crippen LogP contribution is 2.24. The van der Waals surface area contributed by atoms with Gasteiger partial charge in [0.25, 0.3) is 0 Å². The standard InChI is InChI=1S/C20H17N3OS/c24-20-9-7-14-10-15(6-8-16(14)23-20)18(25)11-19-21-12-17(22-19)13-4-2-1-3-5-13/h1-6,8,10,12H,7,9,11H2,(H,21,22)(H,23,24). The van der Waals surface area contributed by atoms with Crippen LogP contribution in [0.5, 0.6) is 0 Å². The predicted octanol–water partition coefficient (Wildman–Crippen LogP) is 3.92. The van der Waals surface area contributed by atoms with E-state index in [-0.39, 0.29) is 5.91 Å². The number of carbonyl (C=O) groups excluding carboxylic acids is 1. The molecule has 2 N–H and O–H groups in total. The van der Waals surface area contributed by atoms with Crippen LogP contribution in [0.2, 0.25) is 0 Å². The molecule has 3 aromatic rings. The number of carbonyl (C=O) groups is 1. The molecule has 0 saturated heterocycles. The van der Waals surface area contributed by atoms with Crippen LogP contribution in [0.3, 0.4) is 0 Å². The molecule has 2 heterocycles. The van der Waals surface area contributed by atoms with Gasteiger partial charge in [0.1, 0.15) is 5.82 Å². The first-order valence-corrected chi connectivity index (χ1v) is 8.65. The Balaban J connectivity index is 1.51. The largest absolute Gasteiger partial charge is 0.348 e. The zero-order valence-electron chi connectivity index (χ0n) is 13.6. The number of thiocarbonyl (C=S) groups is 1. The lowest BCUT2D eigenvalue weighted by Gasteiger charge is -2.17. The van der Waals surface area contributed by atoms with Gasteiger partial charge in [-0.1, -0.05) is 48.6 Å². The fourth-order valence-corrected chi connectivity index (χ4v) is 3.28. The Kier molecular flexibility index (Phi) is 4.15. The number of imidazole rings is 1. The first-order valence-electron chi connectivity index (χ1n) is 8.25. The number of benzene rings is 2. The van der Waals surface area contributed by atoms with Gasteiger partial charge >= 0.3 is 0 Å². The van der Waals surface area contributed by atoms with Gasteiger partial charge in [-0.15, -0.1) is 0 Å². The summed E-state index contributed by atoms with van der Waals surface area (Å²) in [5.74, 6) is 0.932. The molecule has 1 aliphatic heterocycles. The van der Waals surface area contributed by atoms with Crippen molar-refractivity contribution in [2.75, 3.05) is 5.32 Å². The van der Waals surface area contributed by atoms with Gasteiger partial charge in [0.15, 0.2) is 0 Å². The number of hydrogen-bond acceptors (Lipinski definition) is 3. The number of H-pyrrole nitrogens is 1. The van der Waals surface area contributed by atoms with Gasteiger partial charge in [0.2, 0.25) is 5.91 Å². The third-order valence-corrected chi connectivity index (χ3v) is 4.73. The number of rotatable bonds is 4. The molecule has 5 heteroatoms. The van der Waals surface area contributed by atoms with E-state index in [0.29, 0.717) is 12.8 Å². The van der Waals surface area contributed by atoms with Crippen LogP contribution in [-0.4, -0.2) is 20.7 Å². The van der Waals surface area contributed by atoms with E-state index < -0.39 is 0 Å². The number of aryl methyl sites for hydroxylation is 1. The molecule has 0 spiro atoms. The molecule has 25 heavy (non-hydrogen) atoms. The number of fused-ring (bicyclic) bond motifs is 1. The highest BCUT2D eigenvalue weighted by atomic mass is 32.1. The minimum Gasteiger partial charge on any atom is -0.348 e. The van der Waals surface area contributed by atoms with E-state index >= 15 is 0 Å². The van der Waals surface area contributed by atoms with Crippen molar-refractivity contribution in [2.24, 2.45) is 0 Å². The molecule has 1 aliphatic rings. The summed E-state index contributed by atoms with van der Waals surface area (Å²) in [5.41, 5.74) is 5.06. The average molecular weight is 347 g/mol. The maximum absolute atomic E-state index is 11.5. The van der Waals surface area contributed by atoms with Gasteiger partial charge in [-0.25, -0.2) is 4.98 Å². The maximum atomic E-state index is 11.5. The molecular weight excluding hydrogens is 330 g/mol. The van der Waals surface area contributed by atoms with Crippen molar-refractivity contribution in [3.05, 3.63) is 71.7 Å². The molecule has 0 atom stereocenters. The summed E-state index contributed by atoms with van der Waals surface area (Å²) in [6.07, 6.45) is 3.79. The smallest absolute Gasteiger partial charge is 0.224 e. The monoisotopic (exact) mass is 347 g/mol. The van der Waals surface area contributed by atoms with Gasteiger partial charge < -0.3 is 10.3 Å². The van der Waals surface area contributed by atoms with E-state index in [0.717, 1.165) is 45.2 Å². The number of anilines is 1. The van der Waals surface area contributed by atoms with E-state index in [4.69, 9.17) is 12.2 Å². The van der Waals surface area contributed by atoms with Gasteiger partial charge in [0.05, 0.1) is 5.69 Å². The minimum absolute atomic E-state index is 0.0758. The first-order chi connectivity index (χ1) is 12.2. The topological polar surface area (TPSA) is 57.8 Å². The highest BCUT2D eigenvalue weighted by Gasteiger charge is 2.16. The molecule has 0 fully saturated rings. The number of aromatic nitrogens is 2. The van der Waals surface area contributed by atoms with Crippen molar-refractivity contribution in [3.8, 4) is 11.3 Å². The van der Waals surface area contributed by atoms with Crippen LogP contribution in [0.15, 0.2) is 54.7 Å². The summed E-state index contributed by atoms with van der Waals surface area (Å²) < 4.78 is 0. The molecule has 4 nitrogen and oxygen atoms in total. The van der Waals surface area contributed by atoms with Crippen molar-refractivity contribution in [2.45, 2.75) is 19.3 Å². The summed E-state index contributed by atoms with van der Waals surface area (Å²) in [5, 5.41) is 2.90. The van der Waals surface area contributed by atoms with Crippen molar-refractivity contribution < 1.29 is 4.79 Å². The Morgan fingerprint density at radius 1 is 1.12 bits per heavy atom. The van der Waals surface area contributed by atoms with Crippen molar-refractivity contribution >= 4 is 28.7 Å². The van der Waals surface area contributed by atoms with Crippen LogP contribution in [0.1, 0.15) is 23.4 Å². The zero-order chi connectivity index (χ0) is 17.2. The number of nitrogens with zero attached hydrogens (tertiary/aromatic N) is 1. The van der Waals surface area contributed by atoms with Gasteiger partial charge in [-0.3, -0.25) is 4.79 Å². The molecule has 0 bridgehead atoms. The zero-order valence-corrected chi connectivity index (χ0v) is 14.4. The van der Waals surface area contributed by atoms with Gasteiger partial charge in [-0.05, 0) is 29.7 Å². The molecule has 2 aromatic carbocycles. The Bertz CT molecular complexity index is 947. The molecule has 0 saturated carbocycles. The van der Waals surface area contributed by atoms with Crippen LogP contribution >= 0.6 is 12.2 Å². The van der Waals surface area contributed by atoms with Crippen LogP contribution in [0.25, 0.3) is 11.3 Å². The quantitative estimate of drug-likeness (QED) is 0.555. The second-order valence-electron chi connectivity index (χ2n) is 6.12. The first kappa shape index (κ1) is 15.7. The average Bonchev–Trinajstić information content (AvgIpc) is 3.10. The van der Waals surface area contributed by atoms with E-state index in [1.165, 1.54) is 0 Å². The third-order valence-electron chi connectivity index (χ3n) is 4.35. The normalized spacial score (nSPS) is 13.2. The summed E-state index contributed by atoms with van der Waals surface area (Å²) in [6.45, 7) is 0. The van der Waals surface area contributed by atoms with Crippen molar-refractivity contribution in [3.63, 3.8) is 0 Å². The van der Waals surface area contributed by atoms with Gasteiger partial charge in [-0.2, -0.15) is 0 Å². The summed E-state index contributed by atoms with van der Waals surface area (Å²) in [4.78, 5) is 20.2. The minimum atomic E-state index is 0.0758. The number of hydrogen-bond donors (Lipinski definition) is 2. The molecule has 4 rings (SSSR count). The Morgan fingerprint density at radius 3 is 2.80 bits per heavy atom. The van der Waals surface area contributed by atoms with E-state index in [1.807, 2.05) is 48.7 Å². The lowest BCUT2D eigenvalue weighted by molar-refractivity contribution is -0.116. The van der Waals surface area contributed by atoms with Gasteiger partial charge in [0, 0.05) is 35.2 Å². The Labute approximate surface area is 151 Å². The fraction of sp³-hybridized carbons (Fsp3) is 0.150. The van der Waals surface area contributed by atoms with Crippen molar-refractivity contribution in [1.29, 1.82) is 0 Å². The second-order valence-corrected chi connectivity index (χ2v) is 6.61. The summed E-state index contributed by atoms with van der Waals surface area (Å²) in [7, 11) is 0. The molecule has 1 amide bonds. The third kappa shape index (κ3) is 3.37. The van der Waals surface area contributed by atoms with Crippen LogP contribution in [-0.2, 0) is 17.6 Å². The van der Waals surface area contributed by atoms with E-state index in [1.54, 1.807) is 0 Å². The molecular formula is C20H17N3OS. The number of aromatic amines is 1. The Morgan fingerprint density at radius 2 is 1.96 bits per heavy atom. The molecule has 1 aromatic heterocycles. The molecule has 124 valence electrons. The lowest BCUT2D eigenvalue weighted by Crippen LogP contribution is -2.19. The lowest BCUT2D eigenvalue weighted by atomic mass is 9.98. The molecule has 0 radical (unpaired) electrons. The highest BCUT2D eigenvalue weighted by molar-refractivity contribution is 7.80. The van der Waals surface area contributed by atoms with E-state index in [2.05, 4.69) is 21.4 Å². The maximum Gasteiger partial charge on any atom is 0.224 e. The number of nitrogens with one attached hydrogen (secondary N) is 2. The summed E-state index contributed by atoms with van der Waals surface area (Å²) in [6, 6.07) is 16.1. The van der Waals surface area contributed by atoms with Crippen molar-refractivity contribution in [1.82, 2.24) is 9.97 Å². The van der Waals surface area contributed by atoms with Crippen LogP contribution in [0.4, 0.5) is 5.69 Å². The van der Waals surface area contributed by atoms with E-state index in [9.17, 15) is 4.79 Å². The SMILES string of the molecule is O=C1CCc2cc(C(=S)Cc3nc(-c4ccccc4)c[nH]3)ccc2N1. The second kappa shape index (κ2) is 6.61. The predicted molar refractivity (Wildman–Crippen MR) is 103 cm³/mol. The molecule has 0 unspecified atom stereocenters. The summed E-state index contributed by atoms with van der Waals surface area (Å²) >= 11 is 5.61.